The van der Waals surface area contributed by atoms with Gasteiger partial charge in [0.15, 0.2) is 5.82 Å². The molecule has 6 heteroatoms. The Bertz CT molecular complexity index is 720. The van der Waals surface area contributed by atoms with Gasteiger partial charge in [-0.2, -0.15) is 5.26 Å². The van der Waals surface area contributed by atoms with Crippen LogP contribution in [0.3, 0.4) is 0 Å². The molecule has 0 aliphatic rings. The van der Waals surface area contributed by atoms with Crippen molar-refractivity contribution in [1.29, 1.82) is 5.26 Å². The van der Waals surface area contributed by atoms with Crippen LogP contribution in [0, 0.1) is 11.3 Å². The topological polar surface area (TPSA) is 67.4 Å². The molecule has 0 amide bonds. The molecule has 17 heavy (non-hydrogen) atoms. The Morgan fingerprint density at radius 3 is 3.00 bits per heavy atom. The van der Waals surface area contributed by atoms with Crippen molar-refractivity contribution in [3.63, 3.8) is 0 Å². The molecule has 0 saturated carbocycles. The Morgan fingerprint density at radius 2 is 2.29 bits per heavy atom. The van der Waals surface area contributed by atoms with E-state index in [1.807, 2.05) is 23.7 Å². The molecule has 3 aromatic rings. The summed E-state index contributed by atoms with van der Waals surface area (Å²) in [6.45, 7) is 0. The molecule has 1 aromatic carbocycles. The van der Waals surface area contributed by atoms with Crippen molar-refractivity contribution in [2.24, 2.45) is 7.05 Å². The summed E-state index contributed by atoms with van der Waals surface area (Å²) in [5.41, 5.74) is 2.25. The number of hydrogen-bond donors (Lipinski definition) is 0. The van der Waals surface area contributed by atoms with Gasteiger partial charge in [-0.3, -0.25) is 0 Å². The number of nitriles is 1. The van der Waals surface area contributed by atoms with Crippen molar-refractivity contribution >= 4 is 22.6 Å². The minimum absolute atomic E-state index is 0.585. The zero-order valence-electron chi connectivity index (χ0n) is 8.95. The summed E-state index contributed by atoms with van der Waals surface area (Å²) in [5, 5.41) is 12.8. The Kier molecular flexibility index (Phi) is 2.13. The van der Waals surface area contributed by atoms with Gasteiger partial charge in [-0.15, -0.1) is 5.10 Å². The van der Waals surface area contributed by atoms with Crippen LogP contribution in [0.5, 0.6) is 0 Å². The monoisotopic (exact) mass is 241 g/mol. The van der Waals surface area contributed by atoms with Gasteiger partial charge in [0, 0.05) is 7.05 Å². The fourth-order valence-corrected chi connectivity index (χ4v) is 2.33. The number of benzene rings is 1. The Labute approximate surface area is 101 Å². The SMILES string of the molecule is Cn1c(-c2cnns2)nc2c(C#N)cccc21. The van der Waals surface area contributed by atoms with E-state index in [0.717, 1.165) is 21.7 Å². The number of fused-ring (bicyclic) bond motifs is 1. The summed E-state index contributed by atoms with van der Waals surface area (Å²) in [6, 6.07) is 7.72. The first kappa shape index (κ1) is 9.93. The predicted molar refractivity (Wildman–Crippen MR) is 64.3 cm³/mol. The summed E-state index contributed by atoms with van der Waals surface area (Å²) in [7, 11) is 1.92. The van der Waals surface area contributed by atoms with Crippen LogP contribution in [-0.4, -0.2) is 19.1 Å². The van der Waals surface area contributed by atoms with E-state index >= 15 is 0 Å². The zero-order valence-corrected chi connectivity index (χ0v) is 9.77. The lowest BCUT2D eigenvalue weighted by Gasteiger charge is -1.97. The molecule has 0 saturated heterocycles. The molecule has 0 fully saturated rings. The minimum Gasteiger partial charge on any atom is -0.326 e. The van der Waals surface area contributed by atoms with Gasteiger partial charge in [-0.1, -0.05) is 10.6 Å². The molecule has 0 atom stereocenters. The van der Waals surface area contributed by atoms with E-state index in [0.29, 0.717) is 5.56 Å². The van der Waals surface area contributed by atoms with Crippen molar-refractivity contribution in [3.05, 3.63) is 30.0 Å². The van der Waals surface area contributed by atoms with Crippen LogP contribution < -0.4 is 0 Å². The quantitative estimate of drug-likeness (QED) is 0.653. The zero-order chi connectivity index (χ0) is 11.8. The lowest BCUT2D eigenvalue weighted by Crippen LogP contribution is -1.90. The largest absolute Gasteiger partial charge is 0.326 e. The first-order valence-corrected chi connectivity index (χ1v) is 5.72. The van der Waals surface area contributed by atoms with Crippen molar-refractivity contribution in [2.45, 2.75) is 0 Å². The molecular weight excluding hydrogens is 234 g/mol. The Hall–Kier alpha value is -2.26. The van der Waals surface area contributed by atoms with E-state index in [9.17, 15) is 0 Å². The van der Waals surface area contributed by atoms with Gasteiger partial charge >= 0.3 is 0 Å². The van der Waals surface area contributed by atoms with Crippen LogP contribution >= 0.6 is 11.5 Å². The van der Waals surface area contributed by atoms with Gasteiger partial charge in [-0.25, -0.2) is 4.98 Å². The van der Waals surface area contributed by atoms with Gasteiger partial charge < -0.3 is 4.57 Å². The number of aryl methyl sites for hydroxylation is 1. The van der Waals surface area contributed by atoms with E-state index < -0.39 is 0 Å². The molecule has 0 aliphatic carbocycles. The van der Waals surface area contributed by atoms with Crippen molar-refractivity contribution in [2.75, 3.05) is 0 Å². The number of imidazole rings is 1. The number of rotatable bonds is 1. The highest BCUT2D eigenvalue weighted by Crippen LogP contribution is 2.26. The van der Waals surface area contributed by atoms with Crippen LogP contribution in [0.4, 0.5) is 0 Å². The van der Waals surface area contributed by atoms with E-state index in [1.165, 1.54) is 11.5 Å². The molecule has 0 radical (unpaired) electrons. The van der Waals surface area contributed by atoms with Gasteiger partial charge in [0.1, 0.15) is 16.5 Å². The summed E-state index contributed by atoms with van der Waals surface area (Å²) >= 11 is 1.29. The minimum atomic E-state index is 0.585. The van der Waals surface area contributed by atoms with E-state index in [1.54, 1.807) is 12.3 Å². The third-order valence-electron chi connectivity index (χ3n) is 2.61. The first-order valence-electron chi connectivity index (χ1n) is 4.94. The van der Waals surface area contributed by atoms with Crippen molar-refractivity contribution in [1.82, 2.24) is 19.1 Å². The molecule has 0 aliphatic heterocycles. The molecule has 82 valence electrons. The van der Waals surface area contributed by atoms with Crippen molar-refractivity contribution in [3.8, 4) is 16.8 Å². The number of hydrogen-bond acceptors (Lipinski definition) is 5. The molecule has 0 spiro atoms. The van der Waals surface area contributed by atoms with Crippen LogP contribution in [0.2, 0.25) is 0 Å². The van der Waals surface area contributed by atoms with Gasteiger partial charge in [0.25, 0.3) is 0 Å². The lowest BCUT2D eigenvalue weighted by molar-refractivity contribution is 0.962. The van der Waals surface area contributed by atoms with Gasteiger partial charge in [-0.05, 0) is 23.7 Å². The van der Waals surface area contributed by atoms with Crippen LogP contribution in [-0.2, 0) is 7.05 Å². The van der Waals surface area contributed by atoms with E-state index in [4.69, 9.17) is 5.26 Å². The third-order valence-corrected chi connectivity index (χ3v) is 3.27. The van der Waals surface area contributed by atoms with E-state index in [2.05, 4.69) is 20.6 Å². The first-order chi connectivity index (χ1) is 8.31. The summed E-state index contributed by atoms with van der Waals surface area (Å²) < 4.78 is 5.78. The summed E-state index contributed by atoms with van der Waals surface area (Å²) in [5.74, 6) is 0.790. The van der Waals surface area contributed by atoms with Crippen LogP contribution in [0.25, 0.3) is 21.7 Å². The Balaban J connectivity index is 2.37. The molecular formula is C11H7N5S. The molecule has 0 bridgehead atoms. The highest BCUT2D eigenvalue weighted by Gasteiger charge is 2.13. The third kappa shape index (κ3) is 1.40. The summed E-state index contributed by atoms with van der Waals surface area (Å²) in [4.78, 5) is 5.39. The average Bonchev–Trinajstić information content (AvgIpc) is 2.97. The van der Waals surface area contributed by atoms with Gasteiger partial charge in [0.2, 0.25) is 0 Å². The molecule has 2 heterocycles. The average molecular weight is 241 g/mol. The second-order valence-corrected chi connectivity index (χ2v) is 4.35. The molecule has 2 aromatic heterocycles. The summed E-state index contributed by atoms with van der Waals surface area (Å²) in [6.07, 6.45) is 1.68. The molecule has 0 N–H and O–H groups in total. The highest BCUT2D eigenvalue weighted by molar-refractivity contribution is 7.09. The standard InChI is InChI=1S/C11H7N5S/c1-16-8-4-2-3-7(5-12)10(8)14-11(16)9-6-13-15-17-9/h2-4,6H,1H3. The smallest absolute Gasteiger partial charge is 0.154 e. The fraction of sp³-hybridized carbons (Fsp3) is 0.0909. The second kappa shape index (κ2) is 3.64. The molecule has 3 rings (SSSR count). The van der Waals surface area contributed by atoms with E-state index in [-0.39, 0.29) is 0 Å². The maximum atomic E-state index is 9.04. The second-order valence-electron chi connectivity index (χ2n) is 3.56. The number of aromatic nitrogens is 4. The number of para-hydroxylation sites is 1. The maximum Gasteiger partial charge on any atom is 0.154 e. The van der Waals surface area contributed by atoms with Gasteiger partial charge in [0.05, 0.1) is 17.3 Å². The Morgan fingerprint density at radius 1 is 1.41 bits per heavy atom. The molecule has 5 nitrogen and oxygen atoms in total. The predicted octanol–water partition coefficient (Wildman–Crippen LogP) is 1.96. The fourth-order valence-electron chi connectivity index (χ4n) is 1.79. The normalized spacial score (nSPS) is 10.6. The van der Waals surface area contributed by atoms with Crippen molar-refractivity contribution < 1.29 is 0 Å². The van der Waals surface area contributed by atoms with Crippen LogP contribution in [0.15, 0.2) is 24.4 Å². The highest BCUT2D eigenvalue weighted by atomic mass is 32.1. The maximum absolute atomic E-state index is 9.04. The van der Waals surface area contributed by atoms with Crippen LogP contribution in [0.1, 0.15) is 5.56 Å². The number of nitrogens with zero attached hydrogens (tertiary/aromatic N) is 5. The molecule has 0 unspecified atom stereocenters. The lowest BCUT2D eigenvalue weighted by atomic mass is 10.2.